The maximum atomic E-state index is 11.7. The Morgan fingerprint density at radius 1 is 1.15 bits per heavy atom. The van der Waals surface area contributed by atoms with Crippen molar-refractivity contribution in [3.8, 4) is 0 Å². The van der Waals surface area contributed by atoms with Crippen LogP contribution in [0.1, 0.15) is 11.1 Å². The van der Waals surface area contributed by atoms with E-state index in [0.29, 0.717) is 12.2 Å². The molecule has 0 spiro atoms. The molecule has 106 valence electrons. The molecule has 4 heteroatoms. The van der Waals surface area contributed by atoms with Crippen molar-refractivity contribution in [2.24, 2.45) is 0 Å². The first-order valence-electron chi connectivity index (χ1n) is 6.74. The molecule has 1 aromatic carbocycles. The highest BCUT2D eigenvalue weighted by atomic mass is 16.1. The van der Waals surface area contributed by atoms with E-state index < -0.39 is 0 Å². The second-order valence-electron chi connectivity index (χ2n) is 5.22. The average Bonchev–Trinajstić information content (AvgIpc) is 2.42. The van der Waals surface area contributed by atoms with E-state index in [1.54, 1.807) is 16.8 Å². The fourth-order valence-electron chi connectivity index (χ4n) is 2.09. The Bertz CT molecular complexity index is 616. The molecular formula is C16H21N3O. The van der Waals surface area contributed by atoms with Gasteiger partial charge in [0, 0.05) is 37.6 Å². The highest BCUT2D eigenvalue weighted by Gasteiger charge is 2.02. The molecule has 2 aromatic rings. The Kier molecular flexibility index (Phi) is 4.58. The quantitative estimate of drug-likeness (QED) is 0.903. The van der Waals surface area contributed by atoms with Gasteiger partial charge in [0.15, 0.2) is 0 Å². The molecule has 0 bridgehead atoms. The van der Waals surface area contributed by atoms with Crippen molar-refractivity contribution >= 4 is 5.69 Å². The highest BCUT2D eigenvalue weighted by molar-refractivity contribution is 5.33. The summed E-state index contributed by atoms with van der Waals surface area (Å²) in [5.41, 5.74) is 8.85. The summed E-state index contributed by atoms with van der Waals surface area (Å²) in [6.07, 6.45) is 1.70. The Labute approximate surface area is 119 Å². The lowest BCUT2D eigenvalue weighted by molar-refractivity contribution is 0.310. The molecule has 0 aliphatic carbocycles. The van der Waals surface area contributed by atoms with E-state index in [4.69, 9.17) is 5.73 Å². The van der Waals surface area contributed by atoms with Crippen molar-refractivity contribution in [2.45, 2.75) is 20.0 Å². The molecule has 0 amide bonds. The van der Waals surface area contributed by atoms with E-state index in [1.165, 1.54) is 17.2 Å². The van der Waals surface area contributed by atoms with Gasteiger partial charge in [-0.15, -0.1) is 0 Å². The Hall–Kier alpha value is -2.07. The molecule has 0 saturated carbocycles. The molecule has 20 heavy (non-hydrogen) atoms. The lowest BCUT2D eigenvalue weighted by atomic mass is 10.1. The van der Waals surface area contributed by atoms with Crippen LogP contribution >= 0.6 is 0 Å². The summed E-state index contributed by atoms with van der Waals surface area (Å²) in [5, 5.41) is 0. The second kappa shape index (κ2) is 6.39. The number of anilines is 1. The zero-order valence-electron chi connectivity index (χ0n) is 12.0. The predicted molar refractivity (Wildman–Crippen MR) is 82.6 cm³/mol. The van der Waals surface area contributed by atoms with Gasteiger partial charge in [-0.1, -0.05) is 29.8 Å². The van der Waals surface area contributed by atoms with Gasteiger partial charge in [-0.05, 0) is 25.6 Å². The van der Waals surface area contributed by atoms with Gasteiger partial charge < -0.3 is 15.2 Å². The number of nitrogens with two attached hydrogens (primary N) is 1. The van der Waals surface area contributed by atoms with Gasteiger partial charge in [-0.3, -0.25) is 4.79 Å². The molecule has 1 heterocycles. The number of hydrogen-bond donors (Lipinski definition) is 1. The second-order valence-corrected chi connectivity index (χ2v) is 5.22. The van der Waals surface area contributed by atoms with Crippen molar-refractivity contribution in [1.82, 2.24) is 9.47 Å². The molecular weight excluding hydrogens is 250 g/mol. The molecule has 2 N–H and O–H groups in total. The maximum absolute atomic E-state index is 11.7. The van der Waals surface area contributed by atoms with E-state index in [-0.39, 0.29) is 5.56 Å². The van der Waals surface area contributed by atoms with E-state index in [1.807, 2.05) is 0 Å². The first kappa shape index (κ1) is 14.3. The van der Waals surface area contributed by atoms with Crippen LogP contribution in [0.2, 0.25) is 0 Å². The van der Waals surface area contributed by atoms with E-state index in [2.05, 4.69) is 43.1 Å². The topological polar surface area (TPSA) is 51.3 Å². The van der Waals surface area contributed by atoms with Crippen LogP contribution in [-0.4, -0.2) is 23.1 Å². The van der Waals surface area contributed by atoms with Gasteiger partial charge in [0.05, 0.1) is 0 Å². The van der Waals surface area contributed by atoms with Crippen molar-refractivity contribution in [3.63, 3.8) is 0 Å². The Morgan fingerprint density at radius 2 is 1.85 bits per heavy atom. The minimum atomic E-state index is -0.0112. The smallest absolute Gasteiger partial charge is 0.250 e. The number of rotatable bonds is 5. The molecule has 0 unspecified atom stereocenters. The summed E-state index contributed by atoms with van der Waals surface area (Å²) < 4.78 is 1.65. The fraction of sp³-hybridized carbons (Fsp3) is 0.312. The van der Waals surface area contributed by atoms with Gasteiger partial charge in [0.2, 0.25) is 0 Å². The number of aromatic nitrogens is 1. The predicted octanol–water partition coefficient (Wildman–Crippen LogP) is 1.87. The van der Waals surface area contributed by atoms with Gasteiger partial charge in [0.25, 0.3) is 5.56 Å². The third-order valence-corrected chi connectivity index (χ3v) is 3.30. The number of aryl methyl sites for hydroxylation is 1. The molecule has 1 aromatic heterocycles. The summed E-state index contributed by atoms with van der Waals surface area (Å²) in [7, 11) is 2.05. The lowest BCUT2D eigenvalue weighted by Crippen LogP contribution is -2.27. The number of nitrogens with zero attached hydrogens (tertiary/aromatic N) is 2. The van der Waals surface area contributed by atoms with Crippen molar-refractivity contribution in [1.29, 1.82) is 0 Å². The number of pyridine rings is 1. The SMILES string of the molecule is Cc1ccc(CN(C)CCn2cc(N)ccc2=O)cc1. The van der Waals surface area contributed by atoms with Gasteiger partial charge in [0.1, 0.15) is 0 Å². The Morgan fingerprint density at radius 3 is 2.55 bits per heavy atom. The fourth-order valence-corrected chi connectivity index (χ4v) is 2.09. The van der Waals surface area contributed by atoms with Crippen LogP contribution in [0.25, 0.3) is 0 Å². The number of hydrogen-bond acceptors (Lipinski definition) is 3. The summed E-state index contributed by atoms with van der Waals surface area (Å²) in [5.74, 6) is 0. The lowest BCUT2D eigenvalue weighted by Gasteiger charge is -2.17. The molecule has 0 aliphatic rings. The third kappa shape index (κ3) is 3.96. The minimum absolute atomic E-state index is 0.0112. The summed E-state index contributed by atoms with van der Waals surface area (Å²) in [6.45, 7) is 4.40. The molecule has 0 atom stereocenters. The summed E-state index contributed by atoms with van der Waals surface area (Å²) in [6, 6.07) is 11.7. The number of likely N-dealkylation sites (N-methyl/N-ethyl adjacent to an activating group) is 1. The largest absolute Gasteiger partial charge is 0.398 e. The van der Waals surface area contributed by atoms with Gasteiger partial charge >= 0.3 is 0 Å². The monoisotopic (exact) mass is 271 g/mol. The van der Waals surface area contributed by atoms with Crippen LogP contribution in [0.3, 0.4) is 0 Å². The van der Waals surface area contributed by atoms with Crippen LogP contribution in [0.4, 0.5) is 5.69 Å². The molecule has 4 nitrogen and oxygen atoms in total. The van der Waals surface area contributed by atoms with Crippen LogP contribution in [0, 0.1) is 6.92 Å². The number of benzene rings is 1. The van der Waals surface area contributed by atoms with Crippen LogP contribution in [0.15, 0.2) is 47.4 Å². The normalized spacial score (nSPS) is 10.9. The van der Waals surface area contributed by atoms with E-state index >= 15 is 0 Å². The third-order valence-electron chi connectivity index (χ3n) is 3.30. The van der Waals surface area contributed by atoms with Crippen molar-refractivity contribution in [3.05, 3.63) is 64.1 Å². The van der Waals surface area contributed by atoms with Crippen LogP contribution in [0.5, 0.6) is 0 Å². The molecule has 0 radical (unpaired) electrons. The first-order chi connectivity index (χ1) is 9.54. The molecule has 0 fully saturated rings. The van der Waals surface area contributed by atoms with Crippen LogP contribution < -0.4 is 11.3 Å². The molecule has 2 rings (SSSR count). The standard InChI is InChI=1S/C16H21N3O/c1-13-3-5-14(6-4-13)11-18(2)9-10-19-12-15(17)7-8-16(19)20/h3-8,12H,9-11,17H2,1-2H3. The minimum Gasteiger partial charge on any atom is -0.398 e. The zero-order chi connectivity index (χ0) is 14.5. The first-order valence-corrected chi connectivity index (χ1v) is 6.74. The van der Waals surface area contributed by atoms with E-state index in [9.17, 15) is 4.79 Å². The number of nitrogen functional groups attached to an aromatic ring is 1. The molecule has 0 aliphatic heterocycles. The molecule has 0 saturated heterocycles. The van der Waals surface area contributed by atoms with Crippen molar-refractivity contribution in [2.75, 3.05) is 19.3 Å². The zero-order valence-corrected chi connectivity index (χ0v) is 12.0. The van der Waals surface area contributed by atoms with E-state index in [0.717, 1.165) is 13.1 Å². The highest BCUT2D eigenvalue weighted by Crippen LogP contribution is 2.06. The van der Waals surface area contributed by atoms with Crippen molar-refractivity contribution < 1.29 is 0 Å². The van der Waals surface area contributed by atoms with Gasteiger partial charge in [-0.2, -0.15) is 0 Å². The Balaban J connectivity index is 1.92. The van der Waals surface area contributed by atoms with Gasteiger partial charge in [-0.25, -0.2) is 0 Å². The average molecular weight is 271 g/mol. The maximum Gasteiger partial charge on any atom is 0.250 e. The summed E-state index contributed by atoms with van der Waals surface area (Å²) in [4.78, 5) is 13.9. The summed E-state index contributed by atoms with van der Waals surface area (Å²) >= 11 is 0. The van der Waals surface area contributed by atoms with Crippen LogP contribution in [-0.2, 0) is 13.1 Å².